The number of nitrogens with one attached hydrogen (secondary N) is 1. The molecule has 0 radical (unpaired) electrons. The number of nitrogens with zero attached hydrogens (tertiary/aromatic N) is 1. The van der Waals surface area contributed by atoms with Gasteiger partial charge in [-0.15, -0.1) is 12.4 Å². The number of hydrogen-bond donors (Lipinski definition) is 1. The molecule has 0 amide bonds. The summed E-state index contributed by atoms with van der Waals surface area (Å²) in [5.41, 5.74) is 0. The third kappa shape index (κ3) is 4.24. The van der Waals surface area contributed by atoms with E-state index in [4.69, 9.17) is 4.74 Å². The Morgan fingerprint density at radius 1 is 1.53 bits per heavy atom. The van der Waals surface area contributed by atoms with E-state index in [9.17, 15) is 8.42 Å². The molecule has 0 aromatic carbocycles. The highest BCUT2D eigenvalue weighted by Crippen LogP contribution is 2.11. The van der Waals surface area contributed by atoms with Gasteiger partial charge in [0.2, 0.25) is 10.0 Å². The molecule has 0 bridgehead atoms. The van der Waals surface area contributed by atoms with Gasteiger partial charge in [-0.05, 0) is 13.0 Å². The van der Waals surface area contributed by atoms with Gasteiger partial charge in [0, 0.05) is 26.7 Å². The maximum Gasteiger partial charge on any atom is 0.216 e. The van der Waals surface area contributed by atoms with Crippen LogP contribution in [0.5, 0.6) is 0 Å². The Morgan fingerprint density at radius 2 is 2.20 bits per heavy atom. The zero-order valence-electron chi connectivity index (χ0n) is 9.10. The van der Waals surface area contributed by atoms with Crippen LogP contribution in [0.2, 0.25) is 0 Å². The van der Waals surface area contributed by atoms with Crippen LogP contribution in [0.25, 0.3) is 0 Å². The molecule has 1 aliphatic rings. The molecule has 1 heterocycles. The number of methoxy groups -OCH3 is 1. The predicted octanol–water partition coefficient (Wildman–Crippen LogP) is -0.322. The highest BCUT2D eigenvalue weighted by atomic mass is 35.5. The van der Waals surface area contributed by atoms with Crippen molar-refractivity contribution >= 4 is 22.4 Å². The molecule has 1 aliphatic heterocycles. The van der Waals surface area contributed by atoms with E-state index in [1.165, 1.54) is 11.4 Å². The summed E-state index contributed by atoms with van der Waals surface area (Å²) < 4.78 is 29.6. The Hall–Kier alpha value is 0.120. The van der Waals surface area contributed by atoms with E-state index < -0.39 is 10.0 Å². The van der Waals surface area contributed by atoms with Gasteiger partial charge in [0.25, 0.3) is 0 Å². The molecule has 7 heteroatoms. The standard InChI is InChI=1S/C8H18N2O3S.ClH/c1-10(8-3-4-9-7-8)14(11,12)6-5-13-2;/h8-9H,3-7H2,1-2H3;1H. The predicted molar refractivity (Wildman–Crippen MR) is 61.9 cm³/mol. The van der Waals surface area contributed by atoms with Gasteiger partial charge in [0.15, 0.2) is 0 Å². The van der Waals surface area contributed by atoms with Crippen molar-refractivity contribution in [2.45, 2.75) is 12.5 Å². The zero-order valence-corrected chi connectivity index (χ0v) is 10.7. The lowest BCUT2D eigenvalue weighted by Gasteiger charge is -2.22. The first kappa shape index (κ1) is 15.1. The number of ether oxygens (including phenoxy) is 1. The molecule has 1 unspecified atom stereocenters. The minimum absolute atomic E-state index is 0. The van der Waals surface area contributed by atoms with E-state index in [0.29, 0.717) is 0 Å². The van der Waals surface area contributed by atoms with E-state index in [1.54, 1.807) is 7.05 Å². The van der Waals surface area contributed by atoms with Crippen LogP contribution in [0.1, 0.15) is 6.42 Å². The van der Waals surface area contributed by atoms with Gasteiger partial charge in [0.1, 0.15) is 0 Å². The van der Waals surface area contributed by atoms with Crippen LogP contribution in [0.3, 0.4) is 0 Å². The summed E-state index contributed by atoms with van der Waals surface area (Å²) in [5.74, 6) is 0.0660. The first-order valence-corrected chi connectivity index (χ1v) is 6.34. The molecular formula is C8H19ClN2O3S. The van der Waals surface area contributed by atoms with Crippen LogP contribution in [0.15, 0.2) is 0 Å². The number of sulfonamides is 1. The van der Waals surface area contributed by atoms with Crippen LogP contribution in [-0.4, -0.2) is 58.4 Å². The topological polar surface area (TPSA) is 58.6 Å². The Balaban J connectivity index is 0.00000196. The zero-order chi connectivity index (χ0) is 10.6. The third-order valence-corrected chi connectivity index (χ3v) is 4.39. The Morgan fingerprint density at radius 3 is 2.67 bits per heavy atom. The first-order valence-electron chi connectivity index (χ1n) is 4.73. The van der Waals surface area contributed by atoms with Gasteiger partial charge in [-0.25, -0.2) is 12.7 Å². The molecule has 1 N–H and O–H groups in total. The van der Waals surface area contributed by atoms with E-state index >= 15 is 0 Å². The van der Waals surface area contributed by atoms with Gasteiger partial charge >= 0.3 is 0 Å². The smallest absolute Gasteiger partial charge is 0.216 e. The second kappa shape index (κ2) is 6.65. The second-order valence-corrected chi connectivity index (χ2v) is 5.62. The number of rotatable bonds is 5. The van der Waals surface area contributed by atoms with Crippen LogP contribution < -0.4 is 5.32 Å². The summed E-state index contributed by atoms with van der Waals surface area (Å²) in [7, 11) is 0.0106. The van der Waals surface area contributed by atoms with Crippen molar-refractivity contribution in [1.29, 1.82) is 0 Å². The Kier molecular flexibility index (Phi) is 6.70. The van der Waals surface area contributed by atoms with Crippen molar-refractivity contribution in [2.24, 2.45) is 0 Å². The lowest BCUT2D eigenvalue weighted by Crippen LogP contribution is -2.40. The summed E-state index contributed by atoms with van der Waals surface area (Å²) >= 11 is 0. The van der Waals surface area contributed by atoms with Gasteiger partial charge in [-0.2, -0.15) is 0 Å². The van der Waals surface area contributed by atoms with Crippen molar-refractivity contribution in [1.82, 2.24) is 9.62 Å². The first-order chi connectivity index (χ1) is 6.58. The van der Waals surface area contributed by atoms with Crippen LogP contribution >= 0.6 is 12.4 Å². The fourth-order valence-electron chi connectivity index (χ4n) is 1.51. The molecule has 1 fully saturated rings. The van der Waals surface area contributed by atoms with Crippen molar-refractivity contribution in [3.05, 3.63) is 0 Å². The maximum absolute atomic E-state index is 11.7. The van der Waals surface area contributed by atoms with E-state index in [2.05, 4.69) is 5.32 Å². The minimum Gasteiger partial charge on any atom is -0.384 e. The van der Waals surface area contributed by atoms with Gasteiger partial charge in [-0.1, -0.05) is 0 Å². The van der Waals surface area contributed by atoms with Crippen molar-refractivity contribution in [3.63, 3.8) is 0 Å². The quantitative estimate of drug-likeness (QED) is 0.734. The number of likely N-dealkylation sites (N-methyl/N-ethyl adjacent to an activating group) is 1. The van der Waals surface area contributed by atoms with E-state index in [0.717, 1.165) is 19.5 Å². The van der Waals surface area contributed by atoms with Gasteiger partial charge < -0.3 is 10.1 Å². The normalized spacial score (nSPS) is 21.7. The fraction of sp³-hybridized carbons (Fsp3) is 1.00. The average Bonchev–Trinajstić information content (AvgIpc) is 2.66. The van der Waals surface area contributed by atoms with Crippen molar-refractivity contribution in [2.75, 3.05) is 39.6 Å². The fourth-order valence-corrected chi connectivity index (χ4v) is 2.81. The summed E-state index contributed by atoms with van der Waals surface area (Å²) in [6.07, 6.45) is 0.892. The molecule has 0 saturated carbocycles. The Labute approximate surface area is 97.6 Å². The molecule has 15 heavy (non-hydrogen) atoms. The monoisotopic (exact) mass is 258 g/mol. The third-order valence-electron chi connectivity index (χ3n) is 2.53. The highest BCUT2D eigenvalue weighted by Gasteiger charge is 2.27. The molecular weight excluding hydrogens is 240 g/mol. The van der Waals surface area contributed by atoms with E-state index in [-0.39, 0.29) is 30.8 Å². The average molecular weight is 259 g/mol. The Bertz CT molecular complexity index is 265. The lowest BCUT2D eigenvalue weighted by molar-refractivity contribution is 0.215. The van der Waals surface area contributed by atoms with Crippen molar-refractivity contribution in [3.8, 4) is 0 Å². The molecule has 92 valence electrons. The van der Waals surface area contributed by atoms with Crippen LogP contribution in [-0.2, 0) is 14.8 Å². The molecule has 0 aliphatic carbocycles. The summed E-state index contributed by atoms with van der Waals surface area (Å²) in [6.45, 7) is 1.91. The molecule has 0 aromatic rings. The number of hydrogen-bond acceptors (Lipinski definition) is 4. The molecule has 1 atom stereocenters. The molecule has 1 saturated heterocycles. The molecule has 5 nitrogen and oxygen atoms in total. The SMILES string of the molecule is COCCS(=O)(=O)N(C)C1CCNC1.Cl. The molecule has 0 spiro atoms. The molecule has 1 rings (SSSR count). The number of halogens is 1. The minimum atomic E-state index is -3.14. The highest BCUT2D eigenvalue weighted by molar-refractivity contribution is 7.89. The van der Waals surface area contributed by atoms with Crippen LogP contribution in [0, 0.1) is 0 Å². The summed E-state index contributed by atoms with van der Waals surface area (Å²) in [6, 6.07) is 0.108. The second-order valence-electron chi connectivity index (χ2n) is 3.47. The molecule has 0 aromatic heterocycles. The van der Waals surface area contributed by atoms with Crippen molar-refractivity contribution < 1.29 is 13.2 Å². The van der Waals surface area contributed by atoms with Crippen LogP contribution in [0.4, 0.5) is 0 Å². The summed E-state index contributed by atoms with van der Waals surface area (Å²) in [4.78, 5) is 0. The van der Waals surface area contributed by atoms with Gasteiger partial charge in [0.05, 0.1) is 12.4 Å². The maximum atomic E-state index is 11.7. The largest absolute Gasteiger partial charge is 0.384 e. The lowest BCUT2D eigenvalue weighted by atomic mass is 10.3. The summed E-state index contributed by atoms with van der Waals surface area (Å²) in [5, 5.41) is 3.14. The van der Waals surface area contributed by atoms with E-state index in [1.807, 2.05) is 0 Å². The van der Waals surface area contributed by atoms with Gasteiger partial charge in [-0.3, -0.25) is 0 Å².